The van der Waals surface area contributed by atoms with Crippen molar-refractivity contribution >= 4 is 33.2 Å². The van der Waals surface area contributed by atoms with Gasteiger partial charge in [0.2, 0.25) is 0 Å². The lowest BCUT2D eigenvalue weighted by atomic mass is 9.89. The zero-order valence-electron chi connectivity index (χ0n) is 18.7. The first-order valence-corrected chi connectivity index (χ1v) is 12.0. The number of hydrogen-bond acceptors (Lipinski definition) is 4. The highest BCUT2D eigenvalue weighted by molar-refractivity contribution is 5.95. The summed E-state index contributed by atoms with van der Waals surface area (Å²) in [6.07, 6.45) is 12.2. The summed E-state index contributed by atoms with van der Waals surface area (Å²) in [4.78, 5) is 3.76. The van der Waals surface area contributed by atoms with E-state index in [9.17, 15) is 0 Å². The lowest BCUT2D eigenvalue weighted by Gasteiger charge is -2.31. The first-order chi connectivity index (χ1) is 15.8. The van der Waals surface area contributed by atoms with Gasteiger partial charge in [-0.1, -0.05) is 19.3 Å². The summed E-state index contributed by atoms with van der Waals surface area (Å²) >= 11 is 0. The fraction of sp³-hybridized carbons (Fsp3) is 0.407. The van der Waals surface area contributed by atoms with Gasteiger partial charge in [-0.05, 0) is 68.0 Å². The molecule has 3 N–H and O–H groups in total. The molecule has 6 rings (SSSR count). The molecule has 32 heavy (non-hydrogen) atoms. The highest BCUT2D eigenvalue weighted by atomic mass is 16.5. The number of hydrogen-bond donors (Lipinski definition) is 3. The Morgan fingerprint density at radius 1 is 0.969 bits per heavy atom. The summed E-state index contributed by atoms with van der Waals surface area (Å²) in [5, 5.41) is 9.95. The van der Waals surface area contributed by atoms with E-state index in [1.54, 1.807) is 13.4 Å². The van der Waals surface area contributed by atoms with Crippen molar-refractivity contribution < 1.29 is 9.15 Å². The Morgan fingerprint density at radius 2 is 1.88 bits per heavy atom. The van der Waals surface area contributed by atoms with Crippen LogP contribution in [0.3, 0.4) is 0 Å². The number of furan rings is 1. The Bertz CT molecular complexity index is 1250. The minimum Gasteiger partial charge on any atom is -0.497 e. The number of rotatable bonds is 5. The van der Waals surface area contributed by atoms with Crippen LogP contribution in [0, 0.1) is 0 Å². The monoisotopic (exact) mass is 429 g/mol. The number of anilines is 2. The molecule has 2 aromatic heterocycles. The van der Waals surface area contributed by atoms with E-state index >= 15 is 0 Å². The van der Waals surface area contributed by atoms with Crippen LogP contribution in [0.15, 0.2) is 47.1 Å². The summed E-state index contributed by atoms with van der Waals surface area (Å²) < 4.78 is 11.1. The maximum atomic E-state index is 5.76. The third-order valence-corrected chi connectivity index (χ3v) is 7.31. The lowest BCUT2D eigenvalue weighted by molar-refractivity contribution is 0.318. The molecule has 5 nitrogen and oxygen atoms in total. The van der Waals surface area contributed by atoms with Gasteiger partial charge in [0.15, 0.2) is 0 Å². The van der Waals surface area contributed by atoms with Gasteiger partial charge in [0.25, 0.3) is 0 Å². The number of ether oxygens (including phenoxy) is 1. The molecule has 5 heteroatoms. The van der Waals surface area contributed by atoms with E-state index in [0.29, 0.717) is 12.1 Å². The number of fused-ring (bicyclic) bond motifs is 4. The Kier molecular flexibility index (Phi) is 5.07. The molecule has 2 aliphatic rings. The number of aromatic amines is 1. The van der Waals surface area contributed by atoms with Gasteiger partial charge in [-0.3, -0.25) is 0 Å². The molecule has 166 valence electrons. The van der Waals surface area contributed by atoms with Crippen LogP contribution in [0.25, 0.3) is 21.9 Å². The van der Waals surface area contributed by atoms with Crippen molar-refractivity contribution in [2.75, 3.05) is 12.4 Å². The van der Waals surface area contributed by atoms with Crippen LogP contribution in [0.4, 0.5) is 11.4 Å². The van der Waals surface area contributed by atoms with Crippen molar-refractivity contribution in [1.82, 2.24) is 10.3 Å². The van der Waals surface area contributed by atoms with Crippen LogP contribution in [0.2, 0.25) is 0 Å². The van der Waals surface area contributed by atoms with Crippen molar-refractivity contribution in [3.63, 3.8) is 0 Å². The molecule has 2 aromatic carbocycles. The van der Waals surface area contributed by atoms with E-state index < -0.39 is 0 Å². The fourth-order valence-corrected chi connectivity index (χ4v) is 5.65. The molecule has 0 spiro atoms. The van der Waals surface area contributed by atoms with E-state index in [0.717, 1.165) is 34.5 Å². The number of nitrogens with one attached hydrogen (secondary N) is 3. The molecule has 1 atom stereocenters. The predicted molar refractivity (Wildman–Crippen MR) is 130 cm³/mol. The molecule has 1 fully saturated rings. The molecule has 0 amide bonds. The van der Waals surface area contributed by atoms with Gasteiger partial charge in [-0.15, -0.1) is 0 Å². The van der Waals surface area contributed by atoms with Crippen LogP contribution in [0.1, 0.15) is 62.2 Å². The van der Waals surface area contributed by atoms with Crippen molar-refractivity contribution in [2.24, 2.45) is 0 Å². The molecule has 4 aromatic rings. The van der Waals surface area contributed by atoms with E-state index in [2.05, 4.69) is 33.8 Å². The molecular weight excluding hydrogens is 398 g/mol. The highest BCUT2D eigenvalue weighted by Crippen LogP contribution is 2.38. The van der Waals surface area contributed by atoms with E-state index in [4.69, 9.17) is 9.15 Å². The minimum absolute atomic E-state index is 0.457. The second-order valence-corrected chi connectivity index (χ2v) is 9.36. The van der Waals surface area contributed by atoms with Gasteiger partial charge in [-0.25, -0.2) is 0 Å². The lowest BCUT2D eigenvalue weighted by Crippen LogP contribution is -2.36. The second-order valence-electron chi connectivity index (χ2n) is 9.36. The van der Waals surface area contributed by atoms with Crippen molar-refractivity contribution in [1.29, 1.82) is 0 Å². The van der Waals surface area contributed by atoms with Crippen LogP contribution < -0.4 is 15.4 Å². The molecule has 1 unspecified atom stereocenters. The van der Waals surface area contributed by atoms with Gasteiger partial charge in [0, 0.05) is 45.8 Å². The summed E-state index contributed by atoms with van der Waals surface area (Å²) in [7, 11) is 1.67. The van der Waals surface area contributed by atoms with Crippen molar-refractivity contribution in [3.05, 3.63) is 53.9 Å². The first kappa shape index (κ1) is 19.7. The molecule has 0 radical (unpaired) electrons. The molecule has 2 heterocycles. The first-order valence-electron chi connectivity index (χ1n) is 12.0. The molecule has 0 bridgehead atoms. The SMILES string of the molecule is COc1ccc2c(Nc3ccc4[nH]c5c(c4c3)CCCC5NC3CCCCC3)coc2c1. The number of benzene rings is 2. The third-order valence-electron chi connectivity index (χ3n) is 7.31. The Balaban J connectivity index is 1.29. The zero-order chi connectivity index (χ0) is 21.5. The van der Waals surface area contributed by atoms with E-state index in [1.165, 1.54) is 67.1 Å². The average Bonchev–Trinajstić information content (AvgIpc) is 3.41. The smallest absolute Gasteiger partial charge is 0.139 e. The number of aromatic nitrogens is 1. The van der Waals surface area contributed by atoms with Gasteiger partial charge >= 0.3 is 0 Å². The molecule has 0 aliphatic heterocycles. The van der Waals surface area contributed by atoms with Crippen LogP contribution in [-0.2, 0) is 6.42 Å². The normalized spacial score (nSPS) is 19.3. The maximum Gasteiger partial charge on any atom is 0.139 e. The molecule has 0 saturated heterocycles. The quantitative estimate of drug-likeness (QED) is 0.321. The summed E-state index contributed by atoms with van der Waals surface area (Å²) in [6.45, 7) is 0. The largest absolute Gasteiger partial charge is 0.497 e. The zero-order valence-corrected chi connectivity index (χ0v) is 18.7. The summed E-state index contributed by atoms with van der Waals surface area (Å²) in [6, 6.07) is 13.7. The minimum atomic E-state index is 0.457. The highest BCUT2D eigenvalue weighted by Gasteiger charge is 2.27. The maximum absolute atomic E-state index is 5.76. The van der Waals surface area contributed by atoms with Gasteiger partial charge in [-0.2, -0.15) is 0 Å². The van der Waals surface area contributed by atoms with Gasteiger partial charge in [0.1, 0.15) is 17.6 Å². The van der Waals surface area contributed by atoms with Crippen LogP contribution >= 0.6 is 0 Å². The summed E-state index contributed by atoms with van der Waals surface area (Å²) in [5.74, 6) is 0.801. The van der Waals surface area contributed by atoms with Gasteiger partial charge in [0.05, 0.1) is 12.8 Å². The van der Waals surface area contributed by atoms with Crippen molar-refractivity contribution in [3.8, 4) is 5.75 Å². The predicted octanol–water partition coefficient (Wildman–Crippen LogP) is 6.97. The second kappa shape index (κ2) is 8.21. The number of methoxy groups -OCH3 is 1. The molecular formula is C27H31N3O2. The van der Waals surface area contributed by atoms with Crippen molar-refractivity contribution in [2.45, 2.75) is 63.5 Å². The topological polar surface area (TPSA) is 62.2 Å². The Labute approximate surface area is 188 Å². The fourth-order valence-electron chi connectivity index (χ4n) is 5.65. The van der Waals surface area contributed by atoms with E-state index in [-0.39, 0.29) is 0 Å². The number of aryl methyl sites for hydroxylation is 1. The number of H-pyrrole nitrogens is 1. The average molecular weight is 430 g/mol. The van der Waals surface area contributed by atoms with Gasteiger partial charge < -0.3 is 24.8 Å². The van der Waals surface area contributed by atoms with E-state index in [1.807, 2.05) is 18.2 Å². The Hall–Kier alpha value is -2.92. The molecule has 2 aliphatic carbocycles. The van der Waals surface area contributed by atoms with Crippen LogP contribution in [0.5, 0.6) is 5.75 Å². The third kappa shape index (κ3) is 3.55. The summed E-state index contributed by atoms with van der Waals surface area (Å²) in [5.41, 5.74) is 7.02. The van der Waals surface area contributed by atoms with Crippen LogP contribution in [-0.4, -0.2) is 18.1 Å². The molecule has 1 saturated carbocycles. The standard InChI is InChI=1S/C27H31N3O2/c1-31-19-11-12-21-25(16-32-26(21)15-19)29-18-10-13-23-22(14-18)20-8-5-9-24(27(20)30-23)28-17-6-3-2-4-7-17/h10-17,24,28-30H,2-9H2,1H3. The Morgan fingerprint density at radius 3 is 2.75 bits per heavy atom.